The summed E-state index contributed by atoms with van der Waals surface area (Å²) in [5, 5.41) is 17.4. The number of carboxylic acids is 1. The molecule has 1 atom stereocenters. The lowest BCUT2D eigenvalue weighted by Crippen LogP contribution is -2.13. The predicted octanol–water partition coefficient (Wildman–Crippen LogP) is 4.08. The van der Waals surface area contributed by atoms with E-state index in [0.717, 1.165) is 0 Å². The summed E-state index contributed by atoms with van der Waals surface area (Å²) in [7, 11) is 0. The van der Waals surface area contributed by atoms with Crippen LogP contribution in [0, 0.1) is 0 Å². The fourth-order valence-electron chi connectivity index (χ4n) is 1.55. The summed E-state index contributed by atoms with van der Waals surface area (Å²) in [6.45, 7) is 1.66. The molecule has 0 saturated heterocycles. The van der Waals surface area contributed by atoms with Crippen molar-refractivity contribution in [3.63, 3.8) is 0 Å². The van der Waals surface area contributed by atoms with Crippen molar-refractivity contribution in [3.05, 3.63) is 20.1 Å². The van der Waals surface area contributed by atoms with Gasteiger partial charge < -0.3 is 5.11 Å². The fourth-order valence-corrected chi connectivity index (χ4v) is 2.46. The molecule has 0 spiro atoms. The molecule has 102 valence electrons. The summed E-state index contributed by atoms with van der Waals surface area (Å²) in [5.74, 6) is -0.956. The van der Waals surface area contributed by atoms with Gasteiger partial charge in [0, 0.05) is 0 Å². The molecule has 0 fully saturated rings. The molecule has 0 aliphatic carbocycles. The fraction of sp³-hybridized carbons (Fsp3) is 0.300. The van der Waals surface area contributed by atoms with E-state index in [9.17, 15) is 4.79 Å². The number of carbonyl (C=O) groups is 1. The number of halogens is 4. The van der Waals surface area contributed by atoms with Gasteiger partial charge in [-0.3, -0.25) is 4.79 Å². The average molecular weight is 343 g/mol. The molecule has 0 unspecified atom stereocenters. The lowest BCUT2D eigenvalue weighted by molar-refractivity contribution is -0.137. The number of hydrogen-bond donors (Lipinski definition) is 1. The van der Waals surface area contributed by atoms with Gasteiger partial charge in [-0.05, 0) is 6.92 Å². The first-order valence-corrected chi connectivity index (χ1v) is 6.64. The van der Waals surface area contributed by atoms with E-state index in [0.29, 0.717) is 11.0 Å². The molecule has 2 aromatic rings. The van der Waals surface area contributed by atoms with Crippen LogP contribution in [0.3, 0.4) is 0 Å². The van der Waals surface area contributed by atoms with Crippen LogP contribution in [-0.2, 0) is 4.79 Å². The summed E-state index contributed by atoms with van der Waals surface area (Å²) in [4.78, 5) is 11.9. The van der Waals surface area contributed by atoms with E-state index in [2.05, 4.69) is 10.2 Å². The van der Waals surface area contributed by atoms with Crippen LogP contribution in [0.25, 0.3) is 11.0 Å². The first-order valence-electron chi connectivity index (χ1n) is 5.13. The van der Waals surface area contributed by atoms with Gasteiger partial charge in [-0.25, -0.2) is 0 Å². The van der Waals surface area contributed by atoms with Crippen LogP contribution in [0.5, 0.6) is 0 Å². The highest BCUT2D eigenvalue weighted by atomic mass is 35.5. The van der Waals surface area contributed by atoms with Crippen LogP contribution in [-0.4, -0.2) is 26.1 Å². The Bertz CT molecular complexity index is 626. The van der Waals surface area contributed by atoms with Gasteiger partial charge >= 0.3 is 5.97 Å². The number of benzene rings is 1. The minimum absolute atomic E-state index is 0.0961. The van der Waals surface area contributed by atoms with E-state index < -0.39 is 12.0 Å². The number of rotatable bonds is 3. The lowest BCUT2D eigenvalue weighted by atomic mass is 10.2. The number of nitrogens with zero attached hydrogens (tertiary/aromatic N) is 3. The molecule has 0 aliphatic heterocycles. The van der Waals surface area contributed by atoms with Crippen LogP contribution in [0.4, 0.5) is 0 Å². The Kier molecular flexibility index (Phi) is 4.11. The Labute approximate surface area is 128 Å². The SMILES string of the molecule is C[C@H](CC(=O)O)n1nc2c(Cl)c(Cl)c(Cl)c(Cl)c2n1. The molecule has 1 aromatic carbocycles. The molecular weight excluding hydrogens is 336 g/mol. The number of aromatic nitrogens is 3. The second-order valence-electron chi connectivity index (χ2n) is 3.92. The molecular formula is C10H7Cl4N3O2. The Balaban J connectivity index is 2.60. The molecule has 0 bridgehead atoms. The third kappa shape index (κ3) is 2.60. The van der Waals surface area contributed by atoms with Crippen molar-refractivity contribution in [2.75, 3.05) is 0 Å². The maximum atomic E-state index is 10.7. The van der Waals surface area contributed by atoms with Crippen LogP contribution in [0.15, 0.2) is 0 Å². The van der Waals surface area contributed by atoms with Crippen LogP contribution >= 0.6 is 46.4 Å². The highest BCUT2D eigenvalue weighted by Gasteiger charge is 2.21. The zero-order valence-electron chi connectivity index (χ0n) is 9.49. The zero-order chi connectivity index (χ0) is 14.3. The van der Waals surface area contributed by atoms with Gasteiger partial charge in [0.05, 0.1) is 32.6 Å². The van der Waals surface area contributed by atoms with Gasteiger partial charge in [-0.2, -0.15) is 15.0 Å². The van der Waals surface area contributed by atoms with Gasteiger partial charge in [-0.15, -0.1) is 0 Å². The van der Waals surface area contributed by atoms with Crippen molar-refractivity contribution < 1.29 is 9.90 Å². The molecule has 2 rings (SSSR count). The Hall–Kier alpha value is -0.750. The molecule has 0 saturated carbocycles. The van der Waals surface area contributed by atoms with Crippen molar-refractivity contribution in [2.45, 2.75) is 19.4 Å². The standard InChI is InChI=1S/C10H7Cl4N3O2/c1-3(2-4(18)19)17-15-9-7(13)5(11)6(12)8(14)10(9)16-17/h3H,2H2,1H3,(H,18,19)/t3-/m1/s1. The largest absolute Gasteiger partial charge is 0.481 e. The topological polar surface area (TPSA) is 68.0 Å². The third-order valence-electron chi connectivity index (χ3n) is 2.49. The second kappa shape index (κ2) is 5.32. The van der Waals surface area contributed by atoms with Crippen LogP contribution < -0.4 is 0 Å². The van der Waals surface area contributed by atoms with E-state index >= 15 is 0 Å². The molecule has 1 aromatic heterocycles. The molecule has 1 heterocycles. The molecule has 9 heteroatoms. The van der Waals surface area contributed by atoms with Crippen molar-refractivity contribution in [1.29, 1.82) is 0 Å². The molecule has 0 amide bonds. The number of aliphatic carboxylic acids is 1. The first kappa shape index (κ1) is 14.7. The Morgan fingerprint density at radius 2 is 1.53 bits per heavy atom. The van der Waals surface area contributed by atoms with Gasteiger partial charge in [-0.1, -0.05) is 46.4 Å². The van der Waals surface area contributed by atoms with Crippen molar-refractivity contribution in [3.8, 4) is 0 Å². The van der Waals surface area contributed by atoms with E-state index in [4.69, 9.17) is 51.5 Å². The van der Waals surface area contributed by atoms with Crippen molar-refractivity contribution >= 4 is 63.4 Å². The van der Waals surface area contributed by atoms with Gasteiger partial charge in [0.15, 0.2) is 0 Å². The van der Waals surface area contributed by atoms with Gasteiger partial charge in [0.1, 0.15) is 11.0 Å². The molecule has 0 radical (unpaired) electrons. The first-order chi connectivity index (χ1) is 8.82. The van der Waals surface area contributed by atoms with Gasteiger partial charge in [0.25, 0.3) is 0 Å². The maximum Gasteiger partial charge on any atom is 0.305 e. The van der Waals surface area contributed by atoms with E-state index in [1.807, 2.05) is 0 Å². The smallest absolute Gasteiger partial charge is 0.305 e. The summed E-state index contributed by atoms with van der Waals surface area (Å²) in [6, 6.07) is -0.449. The van der Waals surface area contributed by atoms with E-state index in [1.165, 1.54) is 4.80 Å². The minimum atomic E-state index is -0.956. The molecule has 5 nitrogen and oxygen atoms in total. The van der Waals surface area contributed by atoms with Crippen molar-refractivity contribution in [2.24, 2.45) is 0 Å². The monoisotopic (exact) mass is 341 g/mol. The summed E-state index contributed by atoms with van der Waals surface area (Å²) in [5.41, 5.74) is 0.580. The average Bonchev–Trinajstić information content (AvgIpc) is 2.78. The lowest BCUT2D eigenvalue weighted by Gasteiger charge is -2.05. The Morgan fingerprint density at radius 1 is 1.11 bits per heavy atom. The quantitative estimate of drug-likeness (QED) is 0.674. The third-order valence-corrected chi connectivity index (χ3v) is 4.27. The number of fused-ring (bicyclic) bond motifs is 1. The number of carboxylic acid groups (broad SMARTS) is 1. The normalized spacial score (nSPS) is 12.9. The zero-order valence-corrected chi connectivity index (χ0v) is 12.5. The van der Waals surface area contributed by atoms with Crippen LogP contribution in [0.2, 0.25) is 20.1 Å². The predicted molar refractivity (Wildman–Crippen MR) is 74.5 cm³/mol. The second-order valence-corrected chi connectivity index (χ2v) is 5.43. The van der Waals surface area contributed by atoms with E-state index in [1.54, 1.807) is 6.92 Å². The maximum absolute atomic E-state index is 10.7. The highest BCUT2D eigenvalue weighted by molar-refractivity contribution is 6.54. The minimum Gasteiger partial charge on any atom is -0.481 e. The molecule has 0 aliphatic rings. The Morgan fingerprint density at radius 3 is 1.89 bits per heavy atom. The summed E-state index contributed by atoms with van der Waals surface area (Å²) >= 11 is 23.9. The molecule has 1 N–H and O–H groups in total. The van der Waals surface area contributed by atoms with Crippen molar-refractivity contribution in [1.82, 2.24) is 15.0 Å². The van der Waals surface area contributed by atoms with E-state index in [-0.39, 0.29) is 26.5 Å². The number of hydrogen-bond acceptors (Lipinski definition) is 3. The van der Waals surface area contributed by atoms with Gasteiger partial charge in [0.2, 0.25) is 0 Å². The highest BCUT2D eigenvalue weighted by Crippen LogP contribution is 2.41. The molecule has 19 heavy (non-hydrogen) atoms. The van der Waals surface area contributed by atoms with Crippen LogP contribution in [0.1, 0.15) is 19.4 Å². The summed E-state index contributed by atoms with van der Waals surface area (Å²) < 4.78 is 0. The summed E-state index contributed by atoms with van der Waals surface area (Å²) in [6.07, 6.45) is -0.127.